The third-order valence-corrected chi connectivity index (χ3v) is 2.42. The summed E-state index contributed by atoms with van der Waals surface area (Å²) in [4.78, 5) is 1.25. The van der Waals surface area contributed by atoms with E-state index in [0.29, 0.717) is 19.6 Å². The van der Waals surface area contributed by atoms with Crippen LogP contribution in [0.15, 0.2) is 0 Å². The molecular weight excluding hydrogens is 211 g/mol. The lowest BCUT2D eigenvalue weighted by molar-refractivity contribution is -0.157. The molecule has 0 aromatic heterocycles. The Kier molecular flexibility index (Phi) is 4.82. The number of aliphatic hydroxyl groups is 1. The van der Waals surface area contributed by atoms with Crippen molar-refractivity contribution in [3.63, 3.8) is 0 Å². The highest BCUT2D eigenvalue weighted by molar-refractivity contribution is 4.76. The van der Waals surface area contributed by atoms with Crippen LogP contribution >= 0.6 is 0 Å². The number of hydrogen-bond acceptors (Lipinski definition) is 3. The zero-order chi connectivity index (χ0) is 11.3. The quantitative estimate of drug-likeness (QED) is 0.778. The number of halogens is 3. The number of aliphatic hydroxyl groups excluding tert-OH is 1. The second-order valence-electron chi connectivity index (χ2n) is 3.68. The van der Waals surface area contributed by atoms with Gasteiger partial charge in [0.2, 0.25) is 0 Å². The van der Waals surface area contributed by atoms with Gasteiger partial charge >= 0.3 is 6.18 Å². The van der Waals surface area contributed by atoms with Crippen molar-refractivity contribution in [2.75, 3.05) is 32.9 Å². The number of hydrogen-bond donors (Lipinski definition) is 1. The van der Waals surface area contributed by atoms with Crippen LogP contribution in [-0.2, 0) is 4.74 Å². The Bertz CT molecular complexity index is 181. The van der Waals surface area contributed by atoms with Crippen LogP contribution < -0.4 is 0 Å². The first-order chi connectivity index (χ1) is 7.03. The van der Waals surface area contributed by atoms with Crippen LogP contribution in [0.2, 0.25) is 0 Å². The van der Waals surface area contributed by atoms with Crippen LogP contribution in [0.5, 0.6) is 0 Å². The van der Waals surface area contributed by atoms with E-state index < -0.39 is 12.7 Å². The normalized spacial score (nSPS) is 23.4. The minimum Gasteiger partial charge on any atom is -0.395 e. The average molecular weight is 227 g/mol. The van der Waals surface area contributed by atoms with Crippen LogP contribution in [0, 0.1) is 0 Å². The maximum Gasteiger partial charge on any atom is 0.401 e. The first-order valence-corrected chi connectivity index (χ1v) is 5.02. The van der Waals surface area contributed by atoms with Crippen molar-refractivity contribution in [1.29, 1.82) is 0 Å². The Morgan fingerprint density at radius 1 is 1.40 bits per heavy atom. The molecule has 1 N–H and O–H groups in total. The second-order valence-corrected chi connectivity index (χ2v) is 3.68. The Balaban J connectivity index is 2.47. The number of ether oxygens (including phenoxy) is 1. The molecular formula is C9H16F3NO2. The van der Waals surface area contributed by atoms with E-state index >= 15 is 0 Å². The molecule has 0 radical (unpaired) electrons. The van der Waals surface area contributed by atoms with Crippen molar-refractivity contribution in [2.24, 2.45) is 0 Å². The van der Waals surface area contributed by atoms with Gasteiger partial charge < -0.3 is 9.84 Å². The number of alkyl halides is 3. The smallest absolute Gasteiger partial charge is 0.395 e. The summed E-state index contributed by atoms with van der Waals surface area (Å²) >= 11 is 0. The lowest BCUT2D eigenvalue weighted by atomic mass is 10.1. The minimum atomic E-state index is -4.22. The molecule has 0 aromatic carbocycles. The molecule has 0 saturated carbocycles. The van der Waals surface area contributed by atoms with Crippen LogP contribution in [0.25, 0.3) is 0 Å². The summed E-state index contributed by atoms with van der Waals surface area (Å²) in [5.74, 6) is 0. The highest BCUT2D eigenvalue weighted by atomic mass is 19.4. The van der Waals surface area contributed by atoms with Crippen molar-refractivity contribution >= 4 is 0 Å². The van der Waals surface area contributed by atoms with Gasteiger partial charge in [0.05, 0.1) is 19.8 Å². The number of nitrogens with zero attached hydrogens (tertiary/aromatic N) is 1. The molecule has 1 atom stereocenters. The predicted molar refractivity (Wildman–Crippen MR) is 48.6 cm³/mol. The van der Waals surface area contributed by atoms with Gasteiger partial charge in [-0.1, -0.05) is 0 Å². The van der Waals surface area contributed by atoms with Gasteiger partial charge in [0.1, 0.15) is 0 Å². The molecule has 6 heteroatoms. The van der Waals surface area contributed by atoms with E-state index in [0.717, 1.165) is 6.42 Å². The van der Waals surface area contributed by atoms with E-state index in [1.54, 1.807) is 0 Å². The molecule has 0 aliphatic carbocycles. The molecule has 15 heavy (non-hydrogen) atoms. The molecule has 90 valence electrons. The van der Waals surface area contributed by atoms with E-state index in [-0.39, 0.29) is 19.2 Å². The van der Waals surface area contributed by atoms with Gasteiger partial charge in [-0.25, -0.2) is 0 Å². The zero-order valence-electron chi connectivity index (χ0n) is 8.46. The van der Waals surface area contributed by atoms with Gasteiger partial charge in [0, 0.05) is 19.2 Å². The molecule has 3 nitrogen and oxygen atoms in total. The first-order valence-electron chi connectivity index (χ1n) is 5.02. The summed E-state index contributed by atoms with van der Waals surface area (Å²) in [5, 5.41) is 8.71. The maximum atomic E-state index is 12.2. The average Bonchev–Trinajstić information content (AvgIpc) is 2.17. The highest BCUT2D eigenvalue weighted by Gasteiger charge is 2.34. The lowest BCUT2D eigenvalue weighted by Crippen LogP contribution is -2.47. The lowest BCUT2D eigenvalue weighted by Gasteiger charge is -2.34. The van der Waals surface area contributed by atoms with Crippen LogP contribution in [-0.4, -0.2) is 55.1 Å². The SMILES string of the molecule is OCCN(CC(F)(F)F)C1CCCOC1. The molecule has 1 unspecified atom stereocenters. The van der Waals surface area contributed by atoms with Crippen molar-refractivity contribution in [3.8, 4) is 0 Å². The summed E-state index contributed by atoms with van der Waals surface area (Å²) in [7, 11) is 0. The molecule has 0 spiro atoms. The van der Waals surface area contributed by atoms with Crippen molar-refractivity contribution in [1.82, 2.24) is 4.90 Å². The Hall–Kier alpha value is -0.330. The molecule has 0 amide bonds. The summed E-state index contributed by atoms with van der Waals surface area (Å²) < 4.78 is 41.8. The summed E-state index contributed by atoms with van der Waals surface area (Å²) in [6, 6.07) is -0.215. The Morgan fingerprint density at radius 3 is 2.60 bits per heavy atom. The fourth-order valence-corrected chi connectivity index (χ4v) is 1.76. The molecule has 0 bridgehead atoms. The Labute approximate surface area is 86.8 Å². The predicted octanol–water partition coefficient (Wildman–Crippen LogP) is 1.02. The molecule has 1 saturated heterocycles. The highest BCUT2D eigenvalue weighted by Crippen LogP contribution is 2.21. The summed E-state index contributed by atoms with van der Waals surface area (Å²) in [5.41, 5.74) is 0. The fourth-order valence-electron chi connectivity index (χ4n) is 1.76. The van der Waals surface area contributed by atoms with E-state index in [1.807, 2.05) is 0 Å². The van der Waals surface area contributed by atoms with Gasteiger partial charge in [-0.05, 0) is 12.8 Å². The largest absolute Gasteiger partial charge is 0.401 e. The van der Waals surface area contributed by atoms with Gasteiger partial charge in [-0.2, -0.15) is 13.2 Å². The van der Waals surface area contributed by atoms with Gasteiger partial charge in [0.25, 0.3) is 0 Å². The molecule has 1 aliphatic rings. The van der Waals surface area contributed by atoms with Crippen molar-refractivity contribution < 1.29 is 23.0 Å². The summed E-state index contributed by atoms with van der Waals surface area (Å²) in [6.45, 7) is -0.229. The van der Waals surface area contributed by atoms with Gasteiger partial charge in [-0.15, -0.1) is 0 Å². The topological polar surface area (TPSA) is 32.7 Å². The van der Waals surface area contributed by atoms with Crippen LogP contribution in [0.1, 0.15) is 12.8 Å². The monoisotopic (exact) mass is 227 g/mol. The van der Waals surface area contributed by atoms with E-state index in [9.17, 15) is 13.2 Å². The molecule has 1 fully saturated rings. The fraction of sp³-hybridized carbons (Fsp3) is 1.00. The first kappa shape index (κ1) is 12.7. The maximum absolute atomic E-state index is 12.2. The molecule has 0 aromatic rings. The minimum absolute atomic E-state index is 0.0491. The second kappa shape index (κ2) is 5.67. The summed E-state index contributed by atoms with van der Waals surface area (Å²) in [6.07, 6.45) is -2.73. The van der Waals surface area contributed by atoms with Gasteiger partial charge in [0.15, 0.2) is 0 Å². The van der Waals surface area contributed by atoms with Crippen molar-refractivity contribution in [3.05, 3.63) is 0 Å². The van der Waals surface area contributed by atoms with Gasteiger partial charge in [-0.3, -0.25) is 4.90 Å². The zero-order valence-corrected chi connectivity index (χ0v) is 8.46. The molecule has 1 heterocycles. The van der Waals surface area contributed by atoms with Crippen LogP contribution in [0.3, 0.4) is 0 Å². The van der Waals surface area contributed by atoms with Crippen LogP contribution in [0.4, 0.5) is 13.2 Å². The number of rotatable bonds is 4. The molecule has 1 rings (SSSR count). The third-order valence-electron chi connectivity index (χ3n) is 2.42. The van der Waals surface area contributed by atoms with E-state index in [1.165, 1.54) is 4.90 Å². The standard InChI is InChI=1S/C9H16F3NO2/c10-9(11,12)7-13(3-4-14)8-2-1-5-15-6-8/h8,14H,1-7H2. The van der Waals surface area contributed by atoms with E-state index in [2.05, 4.69) is 0 Å². The Morgan fingerprint density at radius 2 is 2.13 bits per heavy atom. The third kappa shape index (κ3) is 4.81. The van der Waals surface area contributed by atoms with Crippen molar-refractivity contribution in [2.45, 2.75) is 25.1 Å². The van der Waals surface area contributed by atoms with E-state index in [4.69, 9.17) is 9.84 Å². The molecule has 1 aliphatic heterocycles.